The zero-order valence-corrected chi connectivity index (χ0v) is 13.6. The lowest BCUT2D eigenvalue weighted by atomic mass is 10.1. The number of halogens is 1. The summed E-state index contributed by atoms with van der Waals surface area (Å²) in [6, 6.07) is 10.5. The predicted octanol–water partition coefficient (Wildman–Crippen LogP) is 2.80. The van der Waals surface area contributed by atoms with E-state index in [2.05, 4.69) is 15.2 Å². The van der Waals surface area contributed by atoms with Crippen LogP contribution < -0.4 is 10.2 Å². The summed E-state index contributed by atoms with van der Waals surface area (Å²) in [5.41, 5.74) is 2.17. The van der Waals surface area contributed by atoms with Crippen LogP contribution in [-0.2, 0) is 11.2 Å². The number of nitrogens with one attached hydrogen (secondary N) is 1. The highest BCUT2D eigenvalue weighted by Crippen LogP contribution is 2.23. The average molecular weight is 327 g/mol. The van der Waals surface area contributed by atoms with Gasteiger partial charge in [-0.1, -0.05) is 0 Å². The normalized spacial score (nSPS) is 17.0. The molecule has 1 aliphatic rings. The zero-order chi connectivity index (χ0) is 16.8. The third-order valence-electron chi connectivity index (χ3n) is 4.46. The second-order valence-electron chi connectivity index (χ2n) is 6.24. The first-order valence-corrected chi connectivity index (χ1v) is 8.37. The summed E-state index contributed by atoms with van der Waals surface area (Å²) in [6.45, 7) is 2.55. The van der Waals surface area contributed by atoms with E-state index in [-0.39, 0.29) is 11.7 Å². The molecule has 1 N–H and O–H groups in total. The summed E-state index contributed by atoms with van der Waals surface area (Å²) >= 11 is 0. The predicted molar refractivity (Wildman–Crippen MR) is 92.3 cm³/mol. The minimum Gasteiger partial charge on any atom is -0.371 e. The highest BCUT2D eigenvalue weighted by atomic mass is 19.1. The van der Waals surface area contributed by atoms with E-state index in [0.29, 0.717) is 18.9 Å². The number of amides is 1. The van der Waals surface area contributed by atoms with E-state index in [0.717, 1.165) is 37.2 Å². The van der Waals surface area contributed by atoms with Crippen LogP contribution >= 0.6 is 0 Å². The molecule has 4 nitrogen and oxygen atoms in total. The molecule has 126 valence electrons. The Hall–Kier alpha value is -2.43. The highest BCUT2D eigenvalue weighted by Gasteiger charge is 2.23. The molecule has 1 aromatic heterocycles. The standard InChI is InChI=1S/C19H22FN3O/c20-17-2-4-18(5-3-17)23-12-9-16(14-23)13-22-19(24)6-1-15-7-10-21-11-8-15/h2-5,7-8,10-11,16H,1,6,9,12-14H2,(H,22,24)/t16-/m1/s1. The van der Waals surface area contributed by atoms with Gasteiger partial charge in [0, 0.05) is 44.1 Å². The van der Waals surface area contributed by atoms with E-state index >= 15 is 0 Å². The topological polar surface area (TPSA) is 45.2 Å². The molecule has 3 rings (SSSR count). The van der Waals surface area contributed by atoms with E-state index in [1.54, 1.807) is 12.4 Å². The monoisotopic (exact) mass is 327 g/mol. The molecule has 1 aromatic carbocycles. The Morgan fingerprint density at radius 2 is 1.96 bits per heavy atom. The van der Waals surface area contributed by atoms with Gasteiger partial charge in [0.1, 0.15) is 5.82 Å². The number of hydrogen-bond donors (Lipinski definition) is 1. The van der Waals surface area contributed by atoms with Gasteiger partial charge < -0.3 is 10.2 Å². The lowest BCUT2D eigenvalue weighted by Crippen LogP contribution is -2.31. The van der Waals surface area contributed by atoms with E-state index in [1.165, 1.54) is 12.1 Å². The molecule has 2 aromatic rings. The Labute approximate surface area is 141 Å². The van der Waals surface area contributed by atoms with Crippen molar-refractivity contribution in [3.63, 3.8) is 0 Å². The first kappa shape index (κ1) is 16.4. The molecule has 0 unspecified atom stereocenters. The Kier molecular flexibility index (Phi) is 5.41. The summed E-state index contributed by atoms with van der Waals surface area (Å²) < 4.78 is 13.0. The number of pyridine rings is 1. The molecule has 24 heavy (non-hydrogen) atoms. The summed E-state index contributed by atoms with van der Waals surface area (Å²) in [6.07, 6.45) is 5.77. The van der Waals surface area contributed by atoms with Crippen molar-refractivity contribution in [2.75, 3.05) is 24.5 Å². The van der Waals surface area contributed by atoms with Gasteiger partial charge in [-0.15, -0.1) is 0 Å². The fraction of sp³-hybridized carbons (Fsp3) is 0.368. The highest BCUT2D eigenvalue weighted by molar-refractivity contribution is 5.76. The SMILES string of the molecule is O=C(CCc1ccncc1)NC[C@H]1CCN(c2ccc(F)cc2)C1. The van der Waals surface area contributed by atoms with Crippen LogP contribution in [0, 0.1) is 11.7 Å². The van der Waals surface area contributed by atoms with Gasteiger partial charge in [0.25, 0.3) is 0 Å². The lowest BCUT2D eigenvalue weighted by molar-refractivity contribution is -0.121. The summed E-state index contributed by atoms with van der Waals surface area (Å²) in [4.78, 5) is 18.2. The lowest BCUT2D eigenvalue weighted by Gasteiger charge is -2.18. The Morgan fingerprint density at radius 1 is 1.21 bits per heavy atom. The number of carbonyl (C=O) groups excluding carboxylic acids is 1. The van der Waals surface area contributed by atoms with Gasteiger partial charge in [-0.2, -0.15) is 0 Å². The number of benzene rings is 1. The maximum Gasteiger partial charge on any atom is 0.220 e. The van der Waals surface area contributed by atoms with Gasteiger partial charge in [0.15, 0.2) is 0 Å². The molecule has 1 fully saturated rings. The van der Waals surface area contributed by atoms with E-state index in [1.807, 2.05) is 24.3 Å². The largest absolute Gasteiger partial charge is 0.371 e. The van der Waals surface area contributed by atoms with Crippen molar-refractivity contribution in [2.24, 2.45) is 5.92 Å². The first-order chi connectivity index (χ1) is 11.7. The molecule has 0 saturated carbocycles. The third kappa shape index (κ3) is 4.54. The van der Waals surface area contributed by atoms with Gasteiger partial charge >= 0.3 is 0 Å². The number of aryl methyl sites for hydroxylation is 1. The second kappa shape index (κ2) is 7.90. The molecule has 1 atom stereocenters. The number of rotatable bonds is 6. The molecule has 0 spiro atoms. The van der Waals surface area contributed by atoms with Crippen molar-refractivity contribution in [3.05, 3.63) is 60.2 Å². The summed E-state index contributed by atoms with van der Waals surface area (Å²) in [5, 5.41) is 3.03. The minimum atomic E-state index is -0.212. The van der Waals surface area contributed by atoms with Gasteiger partial charge in [0.2, 0.25) is 5.91 Å². The summed E-state index contributed by atoms with van der Waals surface area (Å²) in [5.74, 6) is 0.322. The maximum absolute atomic E-state index is 13.0. The van der Waals surface area contributed by atoms with E-state index in [9.17, 15) is 9.18 Å². The van der Waals surface area contributed by atoms with Crippen LogP contribution in [0.15, 0.2) is 48.8 Å². The Bertz CT molecular complexity index is 660. The third-order valence-corrected chi connectivity index (χ3v) is 4.46. The van der Waals surface area contributed by atoms with Gasteiger partial charge in [0.05, 0.1) is 0 Å². The second-order valence-corrected chi connectivity index (χ2v) is 6.24. The van der Waals surface area contributed by atoms with Crippen LogP contribution in [0.2, 0.25) is 0 Å². The van der Waals surface area contributed by atoms with Crippen molar-refractivity contribution >= 4 is 11.6 Å². The summed E-state index contributed by atoms with van der Waals surface area (Å²) in [7, 11) is 0. The molecular weight excluding hydrogens is 305 g/mol. The van der Waals surface area contributed by atoms with Gasteiger partial charge in [-0.05, 0) is 60.7 Å². The Morgan fingerprint density at radius 3 is 2.71 bits per heavy atom. The van der Waals surface area contributed by atoms with Crippen LogP contribution in [0.5, 0.6) is 0 Å². The number of anilines is 1. The number of aromatic nitrogens is 1. The number of hydrogen-bond acceptors (Lipinski definition) is 3. The maximum atomic E-state index is 13.0. The van der Waals surface area contributed by atoms with Crippen LogP contribution in [0.4, 0.5) is 10.1 Å². The number of carbonyl (C=O) groups is 1. The molecule has 2 heterocycles. The average Bonchev–Trinajstić information content (AvgIpc) is 3.09. The van der Waals surface area contributed by atoms with Crippen LogP contribution in [0.25, 0.3) is 0 Å². The van der Waals surface area contributed by atoms with E-state index in [4.69, 9.17) is 0 Å². The van der Waals surface area contributed by atoms with Crippen LogP contribution in [0.3, 0.4) is 0 Å². The fourth-order valence-corrected chi connectivity index (χ4v) is 3.04. The quantitative estimate of drug-likeness (QED) is 0.887. The van der Waals surface area contributed by atoms with Crippen molar-refractivity contribution in [1.29, 1.82) is 0 Å². The molecule has 0 radical (unpaired) electrons. The fourth-order valence-electron chi connectivity index (χ4n) is 3.04. The molecular formula is C19H22FN3O. The van der Waals surface area contributed by atoms with Crippen LogP contribution in [0.1, 0.15) is 18.4 Å². The molecule has 0 aliphatic carbocycles. The van der Waals surface area contributed by atoms with Crippen LogP contribution in [-0.4, -0.2) is 30.5 Å². The van der Waals surface area contributed by atoms with Crippen molar-refractivity contribution in [1.82, 2.24) is 10.3 Å². The van der Waals surface area contributed by atoms with Gasteiger partial charge in [-0.3, -0.25) is 9.78 Å². The minimum absolute atomic E-state index is 0.0899. The molecule has 5 heteroatoms. The van der Waals surface area contributed by atoms with Crippen molar-refractivity contribution < 1.29 is 9.18 Å². The smallest absolute Gasteiger partial charge is 0.220 e. The molecule has 1 saturated heterocycles. The number of nitrogens with zero attached hydrogens (tertiary/aromatic N) is 2. The van der Waals surface area contributed by atoms with Crippen molar-refractivity contribution in [3.8, 4) is 0 Å². The zero-order valence-electron chi connectivity index (χ0n) is 13.6. The Balaban J connectivity index is 1.39. The molecule has 1 amide bonds. The molecule has 1 aliphatic heterocycles. The van der Waals surface area contributed by atoms with Gasteiger partial charge in [-0.25, -0.2) is 4.39 Å². The van der Waals surface area contributed by atoms with Crippen molar-refractivity contribution in [2.45, 2.75) is 19.3 Å². The molecule has 0 bridgehead atoms. The first-order valence-electron chi connectivity index (χ1n) is 8.37. The van der Waals surface area contributed by atoms with E-state index < -0.39 is 0 Å².